The van der Waals surface area contributed by atoms with E-state index in [1.165, 1.54) is 17.8 Å². The molecule has 0 spiro atoms. The standard InChI is InChI=1S/C13H13FN2S/c14-12-3-1-2-4-13(12)17-9-10-5-6-16-11(7-10)8-15/h1-7H,8-9,15H2. The Balaban J connectivity index is 2.05. The van der Waals surface area contributed by atoms with Gasteiger partial charge >= 0.3 is 0 Å². The van der Waals surface area contributed by atoms with E-state index in [0.29, 0.717) is 11.4 Å². The summed E-state index contributed by atoms with van der Waals surface area (Å²) >= 11 is 1.48. The summed E-state index contributed by atoms with van der Waals surface area (Å²) < 4.78 is 13.4. The number of thioether (sulfide) groups is 1. The maximum Gasteiger partial charge on any atom is 0.136 e. The predicted octanol–water partition coefficient (Wildman–Crippen LogP) is 2.97. The summed E-state index contributed by atoms with van der Waals surface area (Å²) in [5, 5.41) is 0. The molecule has 0 aliphatic rings. The van der Waals surface area contributed by atoms with Gasteiger partial charge in [0.1, 0.15) is 5.82 Å². The molecule has 0 atom stereocenters. The molecular formula is C13H13FN2S. The highest BCUT2D eigenvalue weighted by Crippen LogP contribution is 2.25. The Hall–Kier alpha value is -1.39. The number of hydrogen-bond donors (Lipinski definition) is 1. The van der Waals surface area contributed by atoms with Crippen LogP contribution < -0.4 is 5.73 Å². The van der Waals surface area contributed by atoms with E-state index < -0.39 is 0 Å². The first-order chi connectivity index (χ1) is 8.29. The number of halogens is 1. The molecule has 0 aliphatic heterocycles. The lowest BCUT2D eigenvalue weighted by molar-refractivity contribution is 0.602. The maximum atomic E-state index is 13.4. The van der Waals surface area contributed by atoms with Crippen molar-refractivity contribution in [2.24, 2.45) is 5.73 Å². The van der Waals surface area contributed by atoms with Gasteiger partial charge in [0.15, 0.2) is 0 Å². The largest absolute Gasteiger partial charge is 0.325 e. The Morgan fingerprint density at radius 1 is 1.24 bits per heavy atom. The number of rotatable bonds is 4. The van der Waals surface area contributed by atoms with Gasteiger partial charge in [-0.3, -0.25) is 4.98 Å². The van der Waals surface area contributed by atoms with Crippen LogP contribution in [0.3, 0.4) is 0 Å². The topological polar surface area (TPSA) is 38.9 Å². The summed E-state index contributed by atoms with van der Waals surface area (Å²) in [6, 6.07) is 10.7. The molecule has 1 aromatic carbocycles. The third-order valence-electron chi connectivity index (χ3n) is 2.32. The Bertz CT molecular complexity index is 502. The summed E-state index contributed by atoms with van der Waals surface area (Å²) in [6.45, 7) is 0.429. The molecule has 0 fully saturated rings. The highest BCUT2D eigenvalue weighted by molar-refractivity contribution is 7.98. The average molecular weight is 248 g/mol. The van der Waals surface area contributed by atoms with Crippen LogP contribution in [0.2, 0.25) is 0 Å². The zero-order valence-corrected chi connectivity index (χ0v) is 10.1. The van der Waals surface area contributed by atoms with Crippen molar-refractivity contribution in [3.63, 3.8) is 0 Å². The molecule has 0 saturated heterocycles. The molecule has 2 N–H and O–H groups in total. The molecule has 2 rings (SSSR count). The first-order valence-corrected chi connectivity index (χ1v) is 6.29. The van der Waals surface area contributed by atoms with Gasteiger partial charge < -0.3 is 5.73 Å². The molecule has 2 nitrogen and oxygen atoms in total. The molecule has 88 valence electrons. The minimum atomic E-state index is -0.175. The van der Waals surface area contributed by atoms with Crippen molar-refractivity contribution in [1.29, 1.82) is 0 Å². The predicted molar refractivity (Wildman–Crippen MR) is 68.1 cm³/mol. The second-order valence-corrected chi connectivity index (χ2v) is 4.60. The molecule has 0 radical (unpaired) electrons. The van der Waals surface area contributed by atoms with Gasteiger partial charge in [-0.05, 0) is 29.8 Å². The lowest BCUT2D eigenvalue weighted by atomic mass is 10.2. The van der Waals surface area contributed by atoms with Crippen LogP contribution in [0.4, 0.5) is 4.39 Å². The van der Waals surface area contributed by atoms with E-state index in [4.69, 9.17) is 5.73 Å². The van der Waals surface area contributed by atoms with Crippen molar-refractivity contribution >= 4 is 11.8 Å². The molecular weight excluding hydrogens is 235 g/mol. The number of nitrogens with zero attached hydrogens (tertiary/aromatic N) is 1. The van der Waals surface area contributed by atoms with E-state index >= 15 is 0 Å². The first kappa shape index (κ1) is 12.1. The van der Waals surface area contributed by atoms with Crippen LogP contribution in [0.25, 0.3) is 0 Å². The average Bonchev–Trinajstić information content (AvgIpc) is 2.38. The fraction of sp³-hybridized carbons (Fsp3) is 0.154. The lowest BCUT2D eigenvalue weighted by Gasteiger charge is -2.04. The van der Waals surface area contributed by atoms with Crippen molar-refractivity contribution in [2.75, 3.05) is 0 Å². The summed E-state index contributed by atoms with van der Waals surface area (Å²) in [5.41, 5.74) is 7.48. The van der Waals surface area contributed by atoms with E-state index in [0.717, 1.165) is 17.0 Å². The van der Waals surface area contributed by atoms with Gasteiger partial charge in [-0.15, -0.1) is 11.8 Å². The van der Waals surface area contributed by atoms with Crippen LogP contribution in [-0.2, 0) is 12.3 Å². The third-order valence-corrected chi connectivity index (χ3v) is 3.44. The van der Waals surface area contributed by atoms with Crippen LogP contribution in [0.15, 0.2) is 47.5 Å². The quantitative estimate of drug-likeness (QED) is 0.845. The highest BCUT2D eigenvalue weighted by Gasteiger charge is 2.02. The Labute approximate surface area is 104 Å². The van der Waals surface area contributed by atoms with Crippen LogP contribution >= 0.6 is 11.8 Å². The van der Waals surface area contributed by atoms with Crippen molar-refractivity contribution in [3.8, 4) is 0 Å². The van der Waals surface area contributed by atoms with Gasteiger partial charge in [-0.2, -0.15) is 0 Å². The van der Waals surface area contributed by atoms with Gasteiger partial charge in [0.2, 0.25) is 0 Å². The normalized spacial score (nSPS) is 10.5. The molecule has 4 heteroatoms. The van der Waals surface area contributed by atoms with Crippen LogP contribution in [0.5, 0.6) is 0 Å². The van der Waals surface area contributed by atoms with Gasteiger partial charge in [0, 0.05) is 23.4 Å². The highest BCUT2D eigenvalue weighted by atomic mass is 32.2. The van der Waals surface area contributed by atoms with E-state index in [1.807, 2.05) is 18.2 Å². The van der Waals surface area contributed by atoms with Gasteiger partial charge in [0.05, 0.1) is 5.69 Å². The Kier molecular flexibility index (Phi) is 4.12. The molecule has 0 saturated carbocycles. The van der Waals surface area contributed by atoms with E-state index in [1.54, 1.807) is 18.3 Å². The van der Waals surface area contributed by atoms with Gasteiger partial charge in [-0.1, -0.05) is 12.1 Å². The van der Waals surface area contributed by atoms with Crippen molar-refractivity contribution in [3.05, 3.63) is 59.7 Å². The number of hydrogen-bond acceptors (Lipinski definition) is 3. The summed E-state index contributed by atoms with van der Waals surface area (Å²) in [7, 11) is 0. The molecule has 1 heterocycles. The molecule has 0 unspecified atom stereocenters. The monoisotopic (exact) mass is 248 g/mol. The fourth-order valence-electron chi connectivity index (χ4n) is 1.45. The van der Waals surface area contributed by atoms with Gasteiger partial charge in [-0.25, -0.2) is 4.39 Å². The second kappa shape index (κ2) is 5.80. The lowest BCUT2D eigenvalue weighted by Crippen LogP contribution is -1.99. The smallest absolute Gasteiger partial charge is 0.136 e. The Morgan fingerprint density at radius 3 is 2.82 bits per heavy atom. The molecule has 0 amide bonds. The van der Waals surface area contributed by atoms with Crippen LogP contribution in [0.1, 0.15) is 11.3 Å². The van der Waals surface area contributed by atoms with E-state index in [9.17, 15) is 4.39 Å². The van der Waals surface area contributed by atoms with Crippen molar-refractivity contribution in [2.45, 2.75) is 17.2 Å². The fourth-order valence-corrected chi connectivity index (χ4v) is 2.33. The summed E-state index contributed by atoms with van der Waals surface area (Å²) in [5.74, 6) is 0.543. The molecule has 1 aromatic heterocycles. The van der Waals surface area contributed by atoms with E-state index in [-0.39, 0.29) is 5.82 Å². The van der Waals surface area contributed by atoms with Crippen LogP contribution in [0, 0.1) is 5.82 Å². The minimum absolute atomic E-state index is 0.175. The third kappa shape index (κ3) is 3.28. The van der Waals surface area contributed by atoms with Crippen molar-refractivity contribution < 1.29 is 4.39 Å². The van der Waals surface area contributed by atoms with E-state index in [2.05, 4.69) is 4.98 Å². The molecule has 0 aliphatic carbocycles. The minimum Gasteiger partial charge on any atom is -0.325 e. The van der Waals surface area contributed by atoms with Crippen LogP contribution in [-0.4, -0.2) is 4.98 Å². The number of nitrogens with two attached hydrogens (primary N) is 1. The first-order valence-electron chi connectivity index (χ1n) is 5.31. The SMILES string of the molecule is NCc1cc(CSc2ccccc2F)ccn1. The number of pyridine rings is 1. The zero-order valence-electron chi connectivity index (χ0n) is 9.27. The zero-order chi connectivity index (χ0) is 12.1. The number of benzene rings is 1. The summed E-state index contributed by atoms with van der Waals surface area (Å²) in [6.07, 6.45) is 1.74. The maximum absolute atomic E-state index is 13.4. The molecule has 0 bridgehead atoms. The number of aromatic nitrogens is 1. The Morgan fingerprint density at radius 2 is 2.06 bits per heavy atom. The molecule has 2 aromatic rings. The summed E-state index contributed by atoms with van der Waals surface area (Å²) in [4.78, 5) is 4.79. The molecule has 17 heavy (non-hydrogen) atoms. The van der Waals surface area contributed by atoms with Gasteiger partial charge in [0.25, 0.3) is 0 Å². The van der Waals surface area contributed by atoms with Crippen molar-refractivity contribution in [1.82, 2.24) is 4.98 Å². The second-order valence-electron chi connectivity index (χ2n) is 3.58.